The van der Waals surface area contributed by atoms with Crippen LogP contribution in [0.3, 0.4) is 0 Å². The maximum Gasteiger partial charge on any atom is 0.233 e. The SMILES string of the molecule is Cc1ccc(C(=O)C(=O)c2ccc(C)cc2)cc1.O=c1c2ccccc2sc2ccccc12. The van der Waals surface area contributed by atoms with Gasteiger partial charge in [0.2, 0.25) is 11.6 Å². The molecule has 1 aromatic heterocycles. The molecule has 0 amide bonds. The zero-order valence-electron chi connectivity index (χ0n) is 18.4. The third-order valence-corrected chi connectivity index (χ3v) is 6.47. The van der Waals surface area contributed by atoms with E-state index in [-0.39, 0.29) is 5.43 Å². The summed E-state index contributed by atoms with van der Waals surface area (Å²) in [5.74, 6) is -0.919. The lowest BCUT2D eigenvalue weighted by Gasteiger charge is -2.02. The maximum absolute atomic E-state index is 12.1. The van der Waals surface area contributed by atoms with Gasteiger partial charge in [-0.25, -0.2) is 0 Å². The molecule has 0 atom stereocenters. The van der Waals surface area contributed by atoms with Crippen LogP contribution in [0, 0.1) is 13.8 Å². The van der Waals surface area contributed by atoms with Crippen LogP contribution in [0.1, 0.15) is 31.8 Å². The minimum absolute atomic E-state index is 0.139. The van der Waals surface area contributed by atoms with E-state index >= 15 is 0 Å². The van der Waals surface area contributed by atoms with E-state index < -0.39 is 11.6 Å². The van der Waals surface area contributed by atoms with Gasteiger partial charge in [-0.3, -0.25) is 14.4 Å². The van der Waals surface area contributed by atoms with Crippen molar-refractivity contribution in [1.82, 2.24) is 0 Å². The molecule has 0 radical (unpaired) electrons. The zero-order valence-corrected chi connectivity index (χ0v) is 19.2. The average Bonchev–Trinajstić information content (AvgIpc) is 2.85. The number of aryl methyl sites for hydroxylation is 2. The van der Waals surface area contributed by atoms with Crippen LogP contribution in [-0.2, 0) is 0 Å². The highest BCUT2D eigenvalue weighted by molar-refractivity contribution is 7.24. The molecule has 33 heavy (non-hydrogen) atoms. The van der Waals surface area contributed by atoms with Gasteiger partial charge in [0, 0.05) is 31.3 Å². The van der Waals surface area contributed by atoms with Gasteiger partial charge < -0.3 is 0 Å². The van der Waals surface area contributed by atoms with Crippen molar-refractivity contribution in [3.63, 3.8) is 0 Å². The van der Waals surface area contributed by atoms with E-state index in [2.05, 4.69) is 0 Å². The normalized spacial score (nSPS) is 10.5. The van der Waals surface area contributed by atoms with Crippen molar-refractivity contribution in [2.75, 3.05) is 0 Å². The van der Waals surface area contributed by atoms with Crippen LogP contribution in [0.25, 0.3) is 20.2 Å². The largest absolute Gasteiger partial charge is 0.289 e. The Morgan fingerprint density at radius 1 is 0.545 bits per heavy atom. The Kier molecular flexibility index (Phi) is 6.57. The molecule has 1 heterocycles. The molecule has 0 N–H and O–H groups in total. The van der Waals surface area contributed by atoms with Crippen molar-refractivity contribution in [1.29, 1.82) is 0 Å². The number of Topliss-reactive ketones (excluding diaryl/α,β-unsaturated/α-hetero) is 2. The van der Waals surface area contributed by atoms with E-state index in [0.717, 1.165) is 31.3 Å². The smallest absolute Gasteiger partial charge is 0.233 e. The molecule has 4 heteroatoms. The van der Waals surface area contributed by atoms with Gasteiger partial charge in [-0.15, -0.1) is 11.3 Å². The van der Waals surface area contributed by atoms with Crippen LogP contribution in [0.2, 0.25) is 0 Å². The number of benzene rings is 4. The summed E-state index contributed by atoms with van der Waals surface area (Å²) in [7, 11) is 0. The molecule has 0 unspecified atom stereocenters. The molecule has 3 nitrogen and oxygen atoms in total. The van der Waals surface area contributed by atoms with E-state index in [4.69, 9.17) is 0 Å². The highest BCUT2D eigenvalue weighted by Gasteiger charge is 2.17. The summed E-state index contributed by atoms with van der Waals surface area (Å²) in [6, 6.07) is 29.6. The lowest BCUT2D eigenvalue weighted by atomic mass is 10.00. The van der Waals surface area contributed by atoms with E-state index in [1.54, 1.807) is 35.6 Å². The number of carbonyl (C=O) groups excluding carboxylic acids is 2. The molecule has 0 fully saturated rings. The first-order valence-corrected chi connectivity index (χ1v) is 11.4. The molecule has 162 valence electrons. The lowest BCUT2D eigenvalue weighted by molar-refractivity contribution is 0.0817. The second kappa shape index (κ2) is 9.72. The Hall–Kier alpha value is -3.89. The molecular formula is C29H22O3S. The molecule has 5 aromatic rings. The van der Waals surface area contributed by atoms with E-state index in [9.17, 15) is 14.4 Å². The molecule has 0 aliphatic rings. The Balaban J connectivity index is 0.000000159. The summed E-state index contributed by atoms with van der Waals surface area (Å²) in [4.78, 5) is 36.1. The summed E-state index contributed by atoms with van der Waals surface area (Å²) in [6.45, 7) is 3.88. The monoisotopic (exact) mass is 450 g/mol. The highest BCUT2D eigenvalue weighted by Crippen LogP contribution is 2.23. The first-order chi connectivity index (χ1) is 15.9. The summed E-state index contributed by atoms with van der Waals surface area (Å²) in [5.41, 5.74) is 3.14. The minimum atomic E-state index is -0.459. The lowest BCUT2D eigenvalue weighted by Crippen LogP contribution is -2.14. The van der Waals surface area contributed by atoms with Crippen LogP contribution < -0.4 is 5.43 Å². The van der Waals surface area contributed by atoms with Crippen LogP contribution in [0.5, 0.6) is 0 Å². The van der Waals surface area contributed by atoms with Gasteiger partial charge in [-0.2, -0.15) is 0 Å². The highest BCUT2D eigenvalue weighted by atomic mass is 32.1. The number of rotatable bonds is 3. The molecule has 0 spiro atoms. The molecule has 5 rings (SSSR count). The minimum Gasteiger partial charge on any atom is -0.289 e. The van der Waals surface area contributed by atoms with Gasteiger partial charge in [0.25, 0.3) is 0 Å². The van der Waals surface area contributed by atoms with Gasteiger partial charge in [0.1, 0.15) is 0 Å². The molecule has 4 aromatic carbocycles. The molecular weight excluding hydrogens is 428 g/mol. The third kappa shape index (κ3) is 4.97. The number of carbonyl (C=O) groups is 2. The number of hydrogen-bond acceptors (Lipinski definition) is 4. The second-order valence-electron chi connectivity index (χ2n) is 7.81. The predicted octanol–water partition coefficient (Wildman–Crippen LogP) is 6.78. The summed E-state index contributed by atoms with van der Waals surface area (Å²) in [5, 5.41) is 1.64. The van der Waals surface area contributed by atoms with Crippen LogP contribution in [0.15, 0.2) is 102 Å². The fourth-order valence-electron chi connectivity index (χ4n) is 3.42. The first kappa shape index (κ1) is 22.3. The summed E-state index contributed by atoms with van der Waals surface area (Å²) < 4.78 is 2.11. The van der Waals surface area contributed by atoms with E-state index in [1.165, 1.54) is 0 Å². The zero-order chi connectivity index (χ0) is 23.4. The van der Waals surface area contributed by atoms with Gasteiger partial charge in [0.15, 0.2) is 5.43 Å². The van der Waals surface area contributed by atoms with Crippen molar-refractivity contribution >= 4 is 43.1 Å². The van der Waals surface area contributed by atoms with Crippen LogP contribution in [0.4, 0.5) is 0 Å². The molecule has 0 aliphatic carbocycles. The third-order valence-electron chi connectivity index (χ3n) is 5.32. The molecule has 0 bridgehead atoms. The van der Waals surface area contributed by atoms with Crippen LogP contribution in [-0.4, -0.2) is 11.6 Å². The predicted molar refractivity (Wildman–Crippen MR) is 137 cm³/mol. The summed E-state index contributed by atoms with van der Waals surface area (Å²) in [6.07, 6.45) is 0. The van der Waals surface area contributed by atoms with Crippen molar-refractivity contribution < 1.29 is 9.59 Å². The van der Waals surface area contributed by atoms with Gasteiger partial charge in [0.05, 0.1) is 0 Å². The van der Waals surface area contributed by atoms with Crippen molar-refractivity contribution in [3.05, 3.63) is 130 Å². The second-order valence-corrected chi connectivity index (χ2v) is 8.90. The maximum atomic E-state index is 12.1. The fourth-order valence-corrected chi connectivity index (χ4v) is 4.49. The molecule has 0 saturated heterocycles. The Morgan fingerprint density at radius 2 is 0.909 bits per heavy atom. The van der Waals surface area contributed by atoms with Crippen LogP contribution >= 0.6 is 11.3 Å². The standard InChI is InChI=1S/C16H14O2.C13H8OS/c1-11-3-7-13(8-4-11)15(17)16(18)14-9-5-12(2)6-10-14;14-13-9-5-1-3-7-11(9)15-12-8-4-2-6-10(12)13/h3-10H,1-2H3;1-8H. The average molecular weight is 451 g/mol. The summed E-state index contributed by atoms with van der Waals surface area (Å²) >= 11 is 1.67. The van der Waals surface area contributed by atoms with Gasteiger partial charge >= 0.3 is 0 Å². The van der Waals surface area contributed by atoms with Gasteiger partial charge in [-0.05, 0) is 38.1 Å². The Labute approximate surface area is 196 Å². The quantitative estimate of drug-likeness (QED) is 0.173. The topological polar surface area (TPSA) is 51.2 Å². The number of ketones is 2. The molecule has 0 aliphatic heterocycles. The fraction of sp³-hybridized carbons (Fsp3) is 0.0690. The Morgan fingerprint density at radius 3 is 1.30 bits per heavy atom. The van der Waals surface area contributed by atoms with Crippen molar-refractivity contribution in [3.8, 4) is 0 Å². The van der Waals surface area contributed by atoms with Crippen molar-refractivity contribution in [2.24, 2.45) is 0 Å². The number of hydrogen-bond donors (Lipinski definition) is 0. The molecule has 0 saturated carbocycles. The number of fused-ring (bicyclic) bond motifs is 2. The van der Waals surface area contributed by atoms with Crippen molar-refractivity contribution in [2.45, 2.75) is 13.8 Å². The Bertz CT molecular complexity index is 1400. The van der Waals surface area contributed by atoms with E-state index in [1.807, 2.05) is 86.6 Å². The van der Waals surface area contributed by atoms with E-state index in [0.29, 0.717) is 11.1 Å². The first-order valence-electron chi connectivity index (χ1n) is 10.6. The van der Waals surface area contributed by atoms with Gasteiger partial charge in [-0.1, -0.05) is 83.9 Å².